The van der Waals surface area contributed by atoms with Crippen molar-refractivity contribution in [2.75, 3.05) is 9.80 Å². The van der Waals surface area contributed by atoms with E-state index in [9.17, 15) is 0 Å². The van der Waals surface area contributed by atoms with E-state index in [0.717, 1.165) is 34.1 Å². The van der Waals surface area contributed by atoms with Gasteiger partial charge in [0.15, 0.2) is 0 Å². The van der Waals surface area contributed by atoms with E-state index in [1.807, 2.05) is 0 Å². The van der Waals surface area contributed by atoms with E-state index >= 15 is 0 Å². The normalized spacial score (nSPS) is 15.2. The predicted octanol–water partition coefficient (Wildman–Crippen LogP) is 18.5. The van der Waals surface area contributed by atoms with Crippen LogP contribution in [0.3, 0.4) is 0 Å². The van der Waals surface area contributed by atoms with Crippen LogP contribution in [0.15, 0.2) is 279 Å². The molecule has 0 amide bonds. The third kappa shape index (κ3) is 5.28. The Balaban J connectivity index is 0.971. The highest BCUT2D eigenvalue weighted by molar-refractivity contribution is 6.11. The number of anilines is 6. The van der Waals surface area contributed by atoms with Crippen LogP contribution >= 0.6 is 0 Å². The molecule has 4 aliphatic carbocycles. The van der Waals surface area contributed by atoms with Crippen molar-refractivity contribution in [1.82, 2.24) is 0 Å². The molecule has 0 fully saturated rings. The van der Waals surface area contributed by atoms with Gasteiger partial charge in [0.1, 0.15) is 0 Å². The molecule has 0 N–H and O–H groups in total. The van der Waals surface area contributed by atoms with Gasteiger partial charge in [0, 0.05) is 33.7 Å². The molecule has 2 heteroatoms. The van der Waals surface area contributed by atoms with Gasteiger partial charge in [0.05, 0.1) is 22.2 Å². The maximum atomic E-state index is 2.53. The molecule has 16 rings (SSSR count). The lowest BCUT2D eigenvalue weighted by atomic mass is 9.69. The van der Waals surface area contributed by atoms with E-state index in [0.29, 0.717) is 0 Å². The van der Waals surface area contributed by atoms with Gasteiger partial charge in [-0.1, -0.05) is 218 Å². The highest BCUT2D eigenvalue weighted by atomic mass is 15.2. The molecule has 2 spiro atoms. The third-order valence-corrected chi connectivity index (χ3v) is 16.8. The first kappa shape index (κ1) is 41.2. The number of para-hydroxylation sites is 3. The van der Waals surface area contributed by atoms with Crippen molar-refractivity contribution in [2.45, 2.75) is 10.8 Å². The Bertz CT molecular complexity index is 4170. The molecule has 344 valence electrons. The highest BCUT2D eigenvalue weighted by Gasteiger charge is 2.55. The zero-order valence-electron chi connectivity index (χ0n) is 40.5. The molecular weight excluding hydrogens is 893 g/mol. The van der Waals surface area contributed by atoms with Crippen LogP contribution in [0, 0.1) is 0 Å². The van der Waals surface area contributed by atoms with Crippen LogP contribution in [0.1, 0.15) is 44.5 Å². The summed E-state index contributed by atoms with van der Waals surface area (Å²) < 4.78 is 0. The Labute approximate surface area is 431 Å². The second-order valence-corrected chi connectivity index (χ2v) is 20.2. The molecule has 0 aliphatic heterocycles. The number of rotatable bonds is 6. The maximum absolute atomic E-state index is 2.53. The lowest BCUT2D eigenvalue weighted by Crippen LogP contribution is -2.26. The van der Waals surface area contributed by atoms with Crippen molar-refractivity contribution in [3.8, 4) is 44.5 Å². The molecule has 12 aromatic rings. The fourth-order valence-corrected chi connectivity index (χ4v) is 14.2. The van der Waals surface area contributed by atoms with Gasteiger partial charge in [-0.3, -0.25) is 0 Å². The molecule has 0 saturated carbocycles. The quantitative estimate of drug-likeness (QED) is 0.164. The third-order valence-electron chi connectivity index (χ3n) is 16.8. The fraction of sp³-hybridized carbons (Fsp3) is 0.0278. The van der Waals surface area contributed by atoms with Crippen LogP contribution in [0.2, 0.25) is 0 Å². The summed E-state index contributed by atoms with van der Waals surface area (Å²) in [6.45, 7) is 0. The zero-order chi connectivity index (χ0) is 48.5. The average molecular weight is 939 g/mol. The Morgan fingerprint density at radius 3 is 1.15 bits per heavy atom. The summed E-state index contributed by atoms with van der Waals surface area (Å²) in [6.07, 6.45) is 0. The molecule has 12 aromatic carbocycles. The number of hydrogen-bond acceptors (Lipinski definition) is 2. The molecule has 0 aromatic heterocycles. The maximum Gasteiger partial charge on any atom is 0.0732 e. The molecule has 1 unspecified atom stereocenters. The summed E-state index contributed by atoms with van der Waals surface area (Å²) in [7, 11) is 0. The Morgan fingerprint density at radius 1 is 0.216 bits per heavy atom. The summed E-state index contributed by atoms with van der Waals surface area (Å²) in [5.41, 5.74) is 26.6. The molecule has 4 aliphatic rings. The van der Waals surface area contributed by atoms with Crippen molar-refractivity contribution in [3.05, 3.63) is 324 Å². The summed E-state index contributed by atoms with van der Waals surface area (Å²) in [5.74, 6) is 0. The van der Waals surface area contributed by atoms with Crippen LogP contribution in [0.25, 0.3) is 55.3 Å². The monoisotopic (exact) mass is 938 g/mol. The van der Waals surface area contributed by atoms with Gasteiger partial charge in [-0.2, -0.15) is 0 Å². The second kappa shape index (κ2) is 15.5. The van der Waals surface area contributed by atoms with Gasteiger partial charge < -0.3 is 9.80 Å². The molecule has 0 heterocycles. The number of benzene rings is 12. The van der Waals surface area contributed by atoms with Crippen LogP contribution in [-0.4, -0.2) is 0 Å². The van der Waals surface area contributed by atoms with Crippen LogP contribution < -0.4 is 9.80 Å². The van der Waals surface area contributed by atoms with E-state index in [1.165, 1.54) is 99.8 Å². The van der Waals surface area contributed by atoms with E-state index < -0.39 is 10.8 Å². The molecule has 0 radical (unpaired) electrons. The molecule has 0 saturated heterocycles. The highest BCUT2D eigenvalue weighted by Crippen LogP contribution is 2.68. The fourth-order valence-electron chi connectivity index (χ4n) is 14.2. The largest absolute Gasteiger partial charge is 0.310 e. The number of nitrogens with zero attached hydrogens (tertiary/aromatic N) is 2. The van der Waals surface area contributed by atoms with Crippen LogP contribution in [0.5, 0.6) is 0 Å². The van der Waals surface area contributed by atoms with Crippen molar-refractivity contribution in [2.24, 2.45) is 0 Å². The van der Waals surface area contributed by atoms with Gasteiger partial charge >= 0.3 is 0 Å². The minimum atomic E-state index is -0.600. The van der Waals surface area contributed by atoms with Gasteiger partial charge in [0.2, 0.25) is 0 Å². The zero-order valence-corrected chi connectivity index (χ0v) is 40.5. The number of hydrogen-bond donors (Lipinski definition) is 0. The van der Waals surface area contributed by atoms with Crippen LogP contribution in [0.4, 0.5) is 34.1 Å². The minimum absolute atomic E-state index is 0.471. The predicted molar refractivity (Wildman–Crippen MR) is 306 cm³/mol. The lowest BCUT2D eigenvalue weighted by molar-refractivity contribution is 0.793. The van der Waals surface area contributed by atoms with Crippen molar-refractivity contribution >= 4 is 44.9 Å². The Kier molecular flexibility index (Phi) is 8.62. The average Bonchev–Trinajstić information content (AvgIpc) is 4.15. The SMILES string of the molecule is c1ccc(N(c2ccccc2)c2cccc3c2-c2ccccc2C32c3ccccc3-c3cc(N(c4ccccc4)c4ccc5c(c4)C4(c6ccccc6-c6ccccc64)c4ccccc4-5)c4ccccc4c32)cc1. The first-order valence-electron chi connectivity index (χ1n) is 25.8. The van der Waals surface area contributed by atoms with Crippen molar-refractivity contribution in [3.63, 3.8) is 0 Å². The van der Waals surface area contributed by atoms with Gasteiger partial charge in [-0.25, -0.2) is 0 Å². The Hall–Kier alpha value is -9.50. The van der Waals surface area contributed by atoms with Crippen molar-refractivity contribution in [1.29, 1.82) is 0 Å². The first-order valence-corrected chi connectivity index (χ1v) is 25.8. The van der Waals surface area contributed by atoms with E-state index in [-0.39, 0.29) is 0 Å². The Morgan fingerprint density at radius 2 is 0.608 bits per heavy atom. The van der Waals surface area contributed by atoms with Gasteiger partial charge in [-0.15, -0.1) is 0 Å². The lowest BCUT2D eigenvalue weighted by Gasteiger charge is -2.34. The summed E-state index contributed by atoms with van der Waals surface area (Å²) in [5, 5.41) is 2.45. The summed E-state index contributed by atoms with van der Waals surface area (Å²) in [4.78, 5) is 4.98. The van der Waals surface area contributed by atoms with Gasteiger partial charge in [0.25, 0.3) is 0 Å². The van der Waals surface area contributed by atoms with E-state index in [4.69, 9.17) is 0 Å². The van der Waals surface area contributed by atoms with Gasteiger partial charge in [-0.05, 0) is 150 Å². The molecule has 1 atom stereocenters. The second-order valence-electron chi connectivity index (χ2n) is 20.2. The molecule has 0 bridgehead atoms. The summed E-state index contributed by atoms with van der Waals surface area (Å²) >= 11 is 0. The topological polar surface area (TPSA) is 6.48 Å². The van der Waals surface area contributed by atoms with Crippen LogP contribution in [-0.2, 0) is 10.8 Å². The first-order chi connectivity index (χ1) is 36.8. The number of fused-ring (bicyclic) bond motifs is 22. The molecule has 74 heavy (non-hydrogen) atoms. The summed E-state index contributed by atoms with van der Waals surface area (Å²) in [6, 6.07) is 104. The van der Waals surface area contributed by atoms with E-state index in [2.05, 4.69) is 289 Å². The molecular formula is C72H46N2. The smallest absolute Gasteiger partial charge is 0.0732 e. The minimum Gasteiger partial charge on any atom is -0.310 e. The standard InChI is InChI=1S/C72H46N2/c1-4-23-47(24-5-1)73(48-25-6-2-7-26-48)67-42-22-41-65-69(67)58-35-16-21-40-64(58)72(65)63-39-20-15-32-54(63)59-46-68(56-33-10-11-34-57(56)70(59)72)74(49-27-8-3-9-28-49)50-43-44-55-53-31-14-19-38-62(53)71(66(55)45-50)60-36-17-12-29-51(60)52-30-13-18-37-61(52)71/h1-46H. The van der Waals surface area contributed by atoms with Crippen molar-refractivity contribution < 1.29 is 0 Å². The van der Waals surface area contributed by atoms with E-state index in [1.54, 1.807) is 0 Å². The molecule has 2 nitrogen and oxygen atoms in total.